The molecular weight excluding hydrogens is 346 g/mol. The number of urea groups is 1. The molecule has 1 aliphatic carbocycles. The number of aliphatic carboxylic acids is 1. The van der Waals surface area contributed by atoms with E-state index in [2.05, 4.69) is 16.0 Å². The maximum atomic E-state index is 12.6. The number of hydrogen-bond donors (Lipinski definition) is 4. The number of carboxylic acid groups (broad SMARTS) is 1. The van der Waals surface area contributed by atoms with E-state index in [-0.39, 0.29) is 18.5 Å². The van der Waals surface area contributed by atoms with Crippen molar-refractivity contribution in [3.05, 3.63) is 65.7 Å². The van der Waals surface area contributed by atoms with E-state index in [4.69, 9.17) is 5.11 Å². The van der Waals surface area contributed by atoms with Crippen molar-refractivity contribution >= 4 is 23.6 Å². The molecule has 1 atom stereocenters. The lowest BCUT2D eigenvalue weighted by molar-refractivity contribution is -0.137. The van der Waals surface area contributed by atoms with Crippen LogP contribution in [0, 0.1) is 0 Å². The zero-order valence-corrected chi connectivity index (χ0v) is 14.6. The van der Waals surface area contributed by atoms with Gasteiger partial charge in [0.1, 0.15) is 0 Å². The van der Waals surface area contributed by atoms with Gasteiger partial charge in [0.15, 0.2) is 0 Å². The van der Waals surface area contributed by atoms with Crippen LogP contribution in [-0.4, -0.2) is 29.1 Å². The molecule has 3 rings (SSSR count). The minimum atomic E-state index is -1.00. The van der Waals surface area contributed by atoms with Crippen LogP contribution in [-0.2, 0) is 4.79 Å². The molecule has 1 saturated carbocycles. The summed E-state index contributed by atoms with van der Waals surface area (Å²) in [6, 6.07) is 14.8. The summed E-state index contributed by atoms with van der Waals surface area (Å²) in [7, 11) is 0. The second-order valence-corrected chi connectivity index (χ2v) is 6.49. The molecule has 27 heavy (non-hydrogen) atoms. The molecule has 1 fully saturated rings. The molecule has 0 aromatic heterocycles. The molecule has 1 aliphatic rings. The van der Waals surface area contributed by atoms with Crippen LogP contribution in [0.4, 0.5) is 10.5 Å². The summed E-state index contributed by atoms with van der Waals surface area (Å²) in [6.45, 7) is 0. The van der Waals surface area contributed by atoms with Crippen LogP contribution in [0.1, 0.15) is 41.2 Å². The molecule has 0 aliphatic heterocycles. The van der Waals surface area contributed by atoms with E-state index in [9.17, 15) is 14.4 Å². The van der Waals surface area contributed by atoms with Crippen molar-refractivity contribution < 1.29 is 19.5 Å². The van der Waals surface area contributed by atoms with Gasteiger partial charge in [-0.1, -0.05) is 36.4 Å². The Bertz CT molecular complexity index is 834. The van der Waals surface area contributed by atoms with Crippen molar-refractivity contribution in [1.29, 1.82) is 0 Å². The first-order chi connectivity index (χ1) is 13.0. The molecule has 2 aromatic carbocycles. The van der Waals surface area contributed by atoms with Gasteiger partial charge in [0, 0.05) is 17.3 Å². The first-order valence-corrected chi connectivity index (χ1v) is 8.76. The Morgan fingerprint density at radius 2 is 1.78 bits per heavy atom. The molecule has 7 nitrogen and oxygen atoms in total. The van der Waals surface area contributed by atoms with E-state index in [1.165, 1.54) is 0 Å². The molecule has 4 N–H and O–H groups in total. The second kappa shape index (κ2) is 8.35. The third kappa shape index (κ3) is 5.57. The maximum absolute atomic E-state index is 12.6. The Balaban J connectivity index is 1.68. The molecule has 0 bridgehead atoms. The fourth-order valence-corrected chi connectivity index (χ4v) is 2.67. The van der Waals surface area contributed by atoms with Crippen molar-refractivity contribution in [2.45, 2.75) is 31.3 Å². The smallest absolute Gasteiger partial charge is 0.319 e. The summed E-state index contributed by atoms with van der Waals surface area (Å²) in [5, 5.41) is 17.4. The molecule has 3 amide bonds. The van der Waals surface area contributed by atoms with Gasteiger partial charge in [-0.3, -0.25) is 9.59 Å². The highest BCUT2D eigenvalue weighted by Crippen LogP contribution is 2.20. The minimum absolute atomic E-state index is 0.225. The highest BCUT2D eigenvalue weighted by Gasteiger charge is 2.23. The van der Waals surface area contributed by atoms with Crippen LogP contribution in [0.2, 0.25) is 0 Å². The number of anilines is 1. The third-order valence-corrected chi connectivity index (χ3v) is 4.18. The van der Waals surface area contributed by atoms with Crippen LogP contribution < -0.4 is 16.0 Å². The zero-order chi connectivity index (χ0) is 19.2. The van der Waals surface area contributed by atoms with Crippen LogP contribution in [0.3, 0.4) is 0 Å². The summed E-state index contributed by atoms with van der Waals surface area (Å²) < 4.78 is 0. The Labute approximate surface area is 156 Å². The lowest BCUT2D eigenvalue weighted by Crippen LogP contribution is -2.31. The molecular formula is C20H21N3O4. The zero-order valence-electron chi connectivity index (χ0n) is 14.6. The van der Waals surface area contributed by atoms with Crippen LogP contribution in [0.25, 0.3) is 0 Å². The van der Waals surface area contributed by atoms with Gasteiger partial charge in [-0.15, -0.1) is 0 Å². The Kier molecular flexibility index (Phi) is 5.71. The van der Waals surface area contributed by atoms with E-state index in [0.717, 1.165) is 12.8 Å². The molecule has 0 heterocycles. The lowest BCUT2D eigenvalue weighted by atomic mass is 10.0. The minimum Gasteiger partial charge on any atom is -0.481 e. The molecule has 2 aromatic rings. The van der Waals surface area contributed by atoms with Gasteiger partial charge in [-0.05, 0) is 36.6 Å². The van der Waals surface area contributed by atoms with Gasteiger partial charge in [0.05, 0.1) is 12.5 Å². The molecule has 0 spiro atoms. The standard InChI is InChI=1S/C20H21N3O4/c24-18(25)12-17(13-5-2-1-3-6-13)23-19(26)14-7-4-8-16(11-14)22-20(27)21-15-9-10-15/h1-8,11,15,17H,9-10,12H2,(H,23,26)(H,24,25)(H2,21,22,27). The number of carbonyl (C=O) groups is 3. The van der Waals surface area contributed by atoms with Crippen molar-refractivity contribution in [3.8, 4) is 0 Å². The molecule has 1 unspecified atom stereocenters. The van der Waals surface area contributed by atoms with Crippen molar-refractivity contribution in [3.63, 3.8) is 0 Å². The van der Waals surface area contributed by atoms with Gasteiger partial charge in [0.25, 0.3) is 5.91 Å². The van der Waals surface area contributed by atoms with Crippen molar-refractivity contribution in [2.75, 3.05) is 5.32 Å². The molecule has 7 heteroatoms. The third-order valence-electron chi connectivity index (χ3n) is 4.18. The van der Waals surface area contributed by atoms with E-state index < -0.39 is 17.9 Å². The van der Waals surface area contributed by atoms with Crippen molar-refractivity contribution in [1.82, 2.24) is 10.6 Å². The summed E-state index contributed by atoms with van der Waals surface area (Å²) in [6.07, 6.45) is 1.75. The predicted molar refractivity (Wildman–Crippen MR) is 101 cm³/mol. The number of amides is 3. The normalized spacial score (nSPS) is 14.1. The molecule has 0 radical (unpaired) electrons. The van der Waals surface area contributed by atoms with Crippen LogP contribution >= 0.6 is 0 Å². The van der Waals surface area contributed by atoms with Crippen LogP contribution in [0.5, 0.6) is 0 Å². The number of hydrogen-bond acceptors (Lipinski definition) is 3. The lowest BCUT2D eigenvalue weighted by Gasteiger charge is -2.18. The Morgan fingerprint density at radius 1 is 1.04 bits per heavy atom. The fraction of sp³-hybridized carbons (Fsp3) is 0.250. The monoisotopic (exact) mass is 367 g/mol. The summed E-state index contributed by atoms with van der Waals surface area (Å²) in [4.78, 5) is 35.6. The molecule has 140 valence electrons. The van der Waals surface area contributed by atoms with Gasteiger partial charge >= 0.3 is 12.0 Å². The first-order valence-electron chi connectivity index (χ1n) is 8.76. The SMILES string of the molecule is O=C(O)CC(NC(=O)c1cccc(NC(=O)NC2CC2)c1)c1ccccc1. The van der Waals surface area contributed by atoms with Crippen LogP contribution in [0.15, 0.2) is 54.6 Å². The Morgan fingerprint density at radius 3 is 2.44 bits per heavy atom. The van der Waals surface area contributed by atoms with Gasteiger partial charge in [-0.25, -0.2) is 4.79 Å². The number of rotatable bonds is 7. The number of nitrogens with one attached hydrogen (secondary N) is 3. The highest BCUT2D eigenvalue weighted by atomic mass is 16.4. The van der Waals surface area contributed by atoms with E-state index >= 15 is 0 Å². The number of carboxylic acids is 1. The maximum Gasteiger partial charge on any atom is 0.319 e. The van der Waals surface area contributed by atoms with Crippen molar-refractivity contribution in [2.24, 2.45) is 0 Å². The van der Waals surface area contributed by atoms with Gasteiger partial charge in [0.2, 0.25) is 0 Å². The summed E-state index contributed by atoms with van der Waals surface area (Å²) in [5.41, 5.74) is 1.55. The molecule has 0 saturated heterocycles. The van der Waals surface area contributed by atoms with Gasteiger partial charge in [-0.2, -0.15) is 0 Å². The van der Waals surface area contributed by atoms with E-state index in [0.29, 0.717) is 16.8 Å². The van der Waals surface area contributed by atoms with Gasteiger partial charge < -0.3 is 21.1 Å². The first kappa shape index (κ1) is 18.4. The largest absolute Gasteiger partial charge is 0.481 e. The average Bonchev–Trinajstić information content (AvgIpc) is 3.45. The summed E-state index contributed by atoms with van der Waals surface area (Å²) >= 11 is 0. The topological polar surface area (TPSA) is 108 Å². The number of carbonyl (C=O) groups excluding carboxylic acids is 2. The Hall–Kier alpha value is -3.35. The quantitative estimate of drug-likeness (QED) is 0.603. The van der Waals surface area contributed by atoms with E-state index in [1.54, 1.807) is 48.5 Å². The highest BCUT2D eigenvalue weighted by molar-refractivity contribution is 5.97. The second-order valence-electron chi connectivity index (χ2n) is 6.49. The average molecular weight is 367 g/mol. The van der Waals surface area contributed by atoms with E-state index in [1.807, 2.05) is 6.07 Å². The fourth-order valence-electron chi connectivity index (χ4n) is 2.67. The predicted octanol–water partition coefficient (Wildman–Crippen LogP) is 2.92. The summed E-state index contributed by atoms with van der Waals surface area (Å²) in [5.74, 6) is -1.41. The number of benzene rings is 2.